The van der Waals surface area contributed by atoms with Gasteiger partial charge < -0.3 is 5.32 Å². The molecule has 0 radical (unpaired) electrons. The molecular weight excluding hydrogens is 346 g/mol. The number of thiazole rings is 1. The molecular formula is C19H19N5OS. The van der Waals surface area contributed by atoms with Crippen LogP contribution in [0, 0.1) is 0 Å². The van der Waals surface area contributed by atoms with E-state index in [1.165, 1.54) is 12.8 Å². The minimum atomic E-state index is 0.00883. The summed E-state index contributed by atoms with van der Waals surface area (Å²) in [5, 5.41) is 3.53. The zero-order chi connectivity index (χ0) is 17.5. The van der Waals surface area contributed by atoms with Gasteiger partial charge in [-0.15, -0.1) is 11.3 Å². The van der Waals surface area contributed by atoms with Crippen LogP contribution in [0.15, 0.2) is 42.2 Å². The summed E-state index contributed by atoms with van der Waals surface area (Å²) < 4.78 is 1.10. The summed E-state index contributed by atoms with van der Waals surface area (Å²) in [5.41, 5.74) is 5.77. The summed E-state index contributed by atoms with van der Waals surface area (Å²) in [6.07, 6.45) is 6.09. The number of aromatic nitrogens is 2. The molecule has 26 heavy (non-hydrogen) atoms. The van der Waals surface area contributed by atoms with E-state index in [0.29, 0.717) is 19.1 Å². The number of hydrogen-bond donors (Lipinski definition) is 1. The second kappa shape index (κ2) is 6.34. The average Bonchev–Trinajstić information content (AvgIpc) is 3.24. The van der Waals surface area contributed by atoms with Gasteiger partial charge in [0.05, 0.1) is 27.6 Å². The number of nitrogens with one attached hydrogen (secondary N) is 1. The Morgan fingerprint density at radius 1 is 1.19 bits per heavy atom. The second-order valence-corrected chi connectivity index (χ2v) is 7.64. The molecule has 6 nitrogen and oxygen atoms in total. The van der Waals surface area contributed by atoms with Crippen LogP contribution in [0.1, 0.15) is 18.4 Å². The van der Waals surface area contributed by atoms with E-state index in [1.807, 2.05) is 39.6 Å². The van der Waals surface area contributed by atoms with Crippen LogP contribution in [-0.2, 0) is 6.54 Å². The van der Waals surface area contributed by atoms with Gasteiger partial charge in [0, 0.05) is 37.6 Å². The molecule has 0 unspecified atom stereocenters. The number of rotatable bonds is 5. The van der Waals surface area contributed by atoms with Crippen molar-refractivity contribution in [2.45, 2.75) is 25.4 Å². The Kier molecular flexibility index (Phi) is 3.83. The number of amides is 2. The molecule has 2 aliphatic rings. The van der Waals surface area contributed by atoms with E-state index in [-0.39, 0.29) is 6.03 Å². The minimum Gasteiger partial charge on any atom is -0.310 e. The molecule has 3 heterocycles. The van der Waals surface area contributed by atoms with Gasteiger partial charge in [0.2, 0.25) is 0 Å². The van der Waals surface area contributed by atoms with Gasteiger partial charge in [-0.3, -0.25) is 14.8 Å². The first kappa shape index (κ1) is 15.7. The van der Waals surface area contributed by atoms with Crippen LogP contribution in [0.4, 0.5) is 16.2 Å². The topological polar surface area (TPSA) is 61.4 Å². The lowest BCUT2D eigenvalue weighted by Gasteiger charge is -2.21. The van der Waals surface area contributed by atoms with Crippen LogP contribution < -0.4 is 15.1 Å². The monoisotopic (exact) mass is 365 g/mol. The molecule has 0 spiro atoms. The average molecular weight is 365 g/mol. The number of pyridine rings is 1. The number of carbonyl (C=O) groups is 1. The fourth-order valence-electron chi connectivity index (χ4n) is 3.36. The number of benzene rings is 1. The molecule has 1 aliphatic heterocycles. The molecule has 0 atom stereocenters. The van der Waals surface area contributed by atoms with E-state index in [2.05, 4.69) is 15.3 Å². The van der Waals surface area contributed by atoms with Crippen molar-refractivity contribution < 1.29 is 4.79 Å². The van der Waals surface area contributed by atoms with E-state index < -0.39 is 0 Å². The van der Waals surface area contributed by atoms with Crippen LogP contribution in [0.25, 0.3) is 10.2 Å². The Morgan fingerprint density at radius 2 is 2.08 bits per heavy atom. The molecule has 1 N–H and O–H groups in total. The van der Waals surface area contributed by atoms with E-state index in [9.17, 15) is 4.79 Å². The molecule has 7 heteroatoms. The van der Waals surface area contributed by atoms with Crippen molar-refractivity contribution in [3.05, 3.63) is 47.7 Å². The highest BCUT2D eigenvalue weighted by Gasteiger charge is 2.32. The molecule has 2 amide bonds. The zero-order valence-electron chi connectivity index (χ0n) is 14.3. The Hall–Kier alpha value is -2.51. The molecule has 3 aromatic rings. The number of fused-ring (bicyclic) bond motifs is 1. The van der Waals surface area contributed by atoms with Gasteiger partial charge in [-0.2, -0.15) is 0 Å². The fraction of sp³-hybridized carbons (Fsp3) is 0.316. The number of hydrogen-bond acceptors (Lipinski definition) is 5. The lowest BCUT2D eigenvalue weighted by Crippen LogP contribution is -2.32. The molecule has 2 aromatic heterocycles. The van der Waals surface area contributed by atoms with Crippen molar-refractivity contribution >= 4 is 39.0 Å². The second-order valence-electron chi connectivity index (χ2n) is 6.75. The van der Waals surface area contributed by atoms with Gasteiger partial charge in [0.1, 0.15) is 0 Å². The van der Waals surface area contributed by atoms with Gasteiger partial charge in [-0.05, 0) is 42.7 Å². The normalized spacial score (nSPS) is 17.5. The standard InChI is InChI=1S/C19H19N5OS/c25-19-23(15-3-4-16-18(9-15)26-12-22-16)7-8-24(19)17-11-20-6-5-13(17)10-21-14-1-2-14/h3-6,9,11-12,14,21H,1-2,7-8,10H2. The van der Waals surface area contributed by atoms with Crippen molar-refractivity contribution in [2.75, 3.05) is 22.9 Å². The molecule has 1 saturated carbocycles. The first-order valence-corrected chi connectivity index (χ1v) is 9.76. The zero-order valence-corrected chi connectivity index (χ0v) is 15.1. The first-order valence-electron chi connectivity index (χ1n) is 8.88. The SMILES string of the molecule is O=C1N(c2ccc3ncsc3c2)CCN1c1cnccc1CNC1CC1. The summed E-state index contributed by atoms with van der Waals surface area (Å²) in [4.78, 5) is 25.3. The first-order chi connectivity index (χ1) is 12.8. The third-order valence-corrected chi connectivity index (χ3v) is 5.76. The minimum absolute atomic E-state index is 0.00883. The Bertz CT molecular complexity index is 967. The summed E-state index contributed by atoms with van der Waals surface area (Å²) >= 11 is 1.60. The van der Waals surface area contributed by atoms with E-state index >= 15 is 0 Å². The third kappa shape index (κ3) is 2.83. The smallest absolute Gasteiger partial charge is 0.310 e. The van der Waals surface area contributed by atoms with E-state index in [1.54, 1.807) is 23.7 Å². The molecule has 5 rings (SSSR count). The van der Waals surface area contributed by atoms with Gasteiger partial charge in [-0.25, -0.2) is 9.78 Å². The van der Waals surface area contributed by atoms with Crippen molar-refractivity contribution in [3.8, 4) is 0 Å². The molecule has 132 valence electrons. The number of nitrogens with zero attached hydrogens (tertiary/aromatic N) is 4. The predicted octanol–water partition coefficient (Wildman–Crippen LogP) is 3.39. The summed E-state index contributed by atoms with van der Waals surface area (Å²) in [7, 11) is 0. The molecule has 1 saturated heterocycles. The summed E-state index contributed by atoms with van der Waals surface area (Å²) in [6, 6.07) is 8.65. The third-order valence-electron chi connectivity index (χ3n) is 4.97. The van der Waals surface area contributed by atoms with Gasteiger partial charge >= 0.3 is 6.03 Å². The van der Waals surface area contributed by atoms with E-state index in [0.717, 1.165) is 33.7 Å². The Labute approximate surface area is 155 Å². The van der Waals surface area contributed by atoms with Crippen molar-refractivity contribution in [1.82, 2.24) is 15.3 Å². The number of urea groups is 1. The molecule has 0 bridgehead atoms. The van der Waals surface area contributed by atoms with Crippen molar-refractivity contribution in [1.29, 1.82) is 0 Å². The highest BCUT2D eigenvalue weighted by Crippen LogP contribution is 2.30. The van der Waals surface area contributed by atoms with Crippen LogP contribution in [0.3, 0.4) is 0 Å². The maximum absolute atomic E-state index is 13.1. The van der Waals surface area contributed by atoms with Crippen molar-refractivity contribution in [3.63, 3.8) is 0 Å². The lowest BCUT2D eigenvalue weighted by atomic mass is 10.2. The van der Waals surface area contributed by atoms with Gasteiger partial charge in [0.25, 0.3) is 0 Å². The largest absolute Gasteiger partial charge is 0.329 e. The maximum atomic E-state index is 13.1. The highest BCUT2D eigenvalue weighted by atomic mass is 32.1. The van der Waals surface area contributed by atoms with Crippen LogP contribution in [-0.4, -0.2) is 35.1 Å². The number of carbonyl (C=O) groups excluding carboxylic acids is 1. The molecule has 1 aliphatic carbocycles. The Balaban J connectivity index is 1.40. The maximum Gasteiger partial charge on any atom is 0.329 e. The van der Waals surface area contributed by atoms with E-state index in [4.69, 9.17) is 0 Å². The van der Waals surface area contributed by atoms with Gasteiger partial charge in [0.15, 0.2) is 0 Å². The van der Waals surface area contributed by atoms with Crippen molar-refractivity contribution in [2.24, 2.45) is 0 Å². The predicted molar refractivity (Wildman–Crippen MR) is 104 cm³/mol. The molecule has 1 aromatic carbocycles. The lowest BCUT2D eigenvalue weighted by molar-refractivity contribution is 0.256. The van der Waals surface area contributed by atoms with Gasteiger partial charge in [-0.1, -0.05) is 0 Å². The van der Waals surface area contributed by atoms with Crippen LogP contribution >= 0.6 is 11.3 Å². The molecule has 2 fully saturated rings. The highest BCUT2D eigenvalue weighted by molar-refractivity contribution is 7.16. The fourth-order valence-corrected chi connectivity index (χ4v) is 4.07. The summed E-state index contributed by atoms with van der Waals surface area (Å²) in [5.74, 6) is 0. The van der Waals surface area contributed by atoms with Crippen LogP contribution in [0.2, 0.25) is 0 Å². The Morgan fingerprint density at radius 3 is 2.96 bits per heavy atom. The quantitative estimate of drug-likeness (QED) is 0.753. The van der Waals surface area contributed by atoms with Crippen LogP contribution in [0.5, 0.6) is 0 Å². The number of anilines is 2. The summed E-state index contributed by atoms with van der Waals surface area (Å²) in [6.45, 7) is 2.12.